The van der Waals surface area contributed by atoms with Crippen molar-refractivity contribution < 1.29 is 18.9 Å². The summed E-state index contributed by atoms with van der Waals surface area (Å²) in [5.41, 5.74) is 3.85. The van der Waals surface area contributed by atoms with Gasteiger partial charge in [-0.1, -0.05) is 24.3 Å². The van der Waals surface area contributed by atoms with E-state index in [-0.39, 0.29) is 5.43 Å². The van der Waals surface area contributed by atoms with Crippen LogP contribution in [0.5, 0.6) is 23.0 Å². The maximum Gasteiger partial charge on any atom is 0.194 e. The topological polar surface area (TPSA) is 62.2 Å². The lowest BCUT2D eigenvalue weighted by Crippen LogP contribution is -2.24. The Hall–Kier alpha value is -3.97. The van der Waals surface area contributed by atoms with E-state index in [1.807, 2.05) is 60.7 Å². The van der Waals surface area contributed by atoms with Crippen molar-refractivity contribution in [3.63, 3.8) is 0 Å². The number of aromatic nitrogens is 1. The molecule has 4 aromatic rings. The van der Waals surface area contributed by atoms with Gasteiger partial charge in [0, 0.05) is 35.8 Å². The van der Waals surface area contributed by atoms with Gasteiger partial charge in [0.25, 0.3) is 0 Å². The molecule has 0 amide bonds. The molecule has 0 bridgehead atoms. The second-order valence-electron chi connectivity index (χ2n) is 10.7. The molecular weight excluding hydrogens is 504 g/mol. The lowest BCUT2D eigenvalue weighted by atomic mass is 10.1. The number of ether oxygens (including phenoxy) is 4. The van der Waals surface area contributed by atoms with Gasteiger partial charge in [0.1, 0.15) is 24.7 Å². The monoisotopic (exact) mass is 540 g/mol. The average molecular weight is 541 g/mol. The van der Waals surface area contributed by atoms with Gasteiger partial charge >= 0.3 is 0 Å². The van der Waals surface area contributed by atoms with E-state index in [9.17, 15) is 4.79 Å². The molecule has 1 aliphatic heterocycles. The number of fused-ring (bicyclic) bond motifs is 1. The molecule has 2 heterocycles. The number of pyridine rings is 1. The normalized spacial score (nSPS) is 15.3. The quantitative estimate of drug-likeness (QED) is 0.229. The van der Waals surface area contributed by atoms with Crippen LogP contribution < -0.4 is 24.4 Å². The number of benzene rings is 3. The van der Waals surface area contributed by atoms with E-state index in [1.165, 1.54) is 12.8 Å². The molecule has 0 spiro atoms. The van der Waals surface area contributed by atoms with Crippen LogP contribution in [0.15, 0.2) is 71.7 Å². The SMILES string of the molecule is COc1ccc(COc2cc3c(=O)c(CN4CCCC4)cn(C4CC4)c3cc2OCc2ccc(OC)cc2)cc1. The highest BCUT2D eigenvalue weighted by molar-refractivity contribution is 5.84. The third-order valence-corrected chi connectivity index (χ3v) is 7.81. The Labute approximate surface area is 234 Å². The van der Waals surface area contributed by atoms with E-state index in [0.717, 1.165) is 59.6 Å². The lowest BCUT2D eigenvalue weighted by molar-refractivity contribution is 0.256. The summed E-state index contributed by atoms with van der Waals surface area (Å²) < 4.78 is 25.5. The Kier molecular flexibility index (Phi) is 7.64. The van der Waals surface area contributed by atoms with Gasteiger partial charge in [-0.25, -0.2) is 0 Å². The summed E-state index contributed by atoms with van der Waals surface area (Å²) in [4.78, 5) is 16.2. The summed E-state index contributed by atoms with van der Waals surface area (Å²) in [7, 11) is 3.31. The van der Waals surface area contributed by atoms with E-state index in [1.54, 1.807) is 14.2 Å². The molecule has 1 saturated heterocycles. The third kappa shape index (κ3) is 5.80. The molecule has 40 heavy (non-hydrogen) atoms. The number of methoxy groups -OCH3 is 2. The molecular formula is C33H36N2O5. The summed E-state index contributed by atoms with van der Waals surface area (Å²) in [6.45, 7) is 3.51. The molecule has 6 rings (SSSR count). The molecule has 0 N–H and O–H groups in total. The smallest absolute Gasteiger partial charge is 0.194 e. The zero-order chi connectivity index (χ0) is 27.5. The van der Waals surface area contributed by atoms with Gasteiger partial charge < -0.3 is 23.5 Å². The van der Waals surface area contributed by atoms with Crippen molar-refractivity contribution in [3.05, 3.63) is 93.8 Å². The molecule has 1 aliphatic carbocycles. The Bertz CT molecular complexity index is 1520. The summed E-state index contributed by atoms with van der Waals surface area (Å²) in [6.07, 6.45) is 6.73. The number of hydrogen-bond donors (Lipinski definition) is 0. The van der Waals surface area contributed by atoms with Crippen LogP contribution in [-0.4, -0.2) is 36.8 Å². The zero-order valence-electron chi connectivity index (χ0n) is 23.2. The standard InChI is InChI=1S/C33H36N2O5/c1-37-27-11-5-23(6-12-27)21-39-31-17-29-30(18-32(31)40-22-24-7-13-28(38-2)14-8-24)35(26-9-10-26)20-25(33(29)36)19-34-15-3-4-16-34/h5-8,11-14,17-18,20,26H,3-4,9-10,15-16,19,21-22H2,1-2H3. The summed E-state index contributed by atoms with van der Waals surface area (Å²) in [5, 5.41) is 0.685. The number of rotatable bonds is 11. The maximum atomic E-state index is 13.8. The highest BCUT2D eigenvalue weighted by Gasteiger charge is 2.27. The molecule has 1 aromatic heterocycles. The fourth-order valence-corrected chi connectivity index (χ4v) is 5.35. The average Bonchev–Trinajstić information content (AvgIpc) is 3.71. The van der Waals surface area contributed by atoms with Crippen LogP contribution in [0.4, 0.5) is 0 Å². The third-order valence-electron chi connectivity index (χ3n) is 7.81. The van der Waals surface area contributed by atoms with Crippen LogP contribution in [-0.2, 0) is 19.8 Å². The van der Waals surface area contributed by atoms with Gasteiger partial charge in [0.05, 0.1) is 19.7 Å². The van der Waals surface area contributed by atoms with Crippen molar-refractivity contribution in [2.75, 3.05) is 27.3 Å². The fourth-order valence-electron chi connectivity index (χ4n) is 5.35. The van der Waals surface area contributed by atoms with Crippen LogP contribution >= 0.6 is 0 Å². The van der Waals surface area contributed by atoms with E-state index in [0.29, 0.717) is 42.7 Å². The Morgan fingerprint density at radius 2 is 1.32 bits per heavy atom. The molecule has 2 aliphatic rings. The molecule has 7 nitrogen and oxygen atoms in total. The van der Waals surface area contributed by atoms with Gasteiger partial charge in [-0.15, -0.1) is 0 Å². The first-order valence-corrected chi connectivity index (χ1v) is 14.1. The van der Waals surface area contributed by atoms with E-state index in [2.05, 4.69) is 15.7 Å². The molecule has 0 atom stereocenters. The first kappa shape index (κ1) is 26.3. The van der Waals surface area contributed by atoms with Gasteiger partial charge in [-0.2, -0.15) is 0 Å². The van der Waals surface area contributed by atoms with Crippen molar-refractivity contribution in [2.45, 2.75) is 51.5 Å². The summed E-state index contributed by atoms with van der Waals surface area (Å²) in [6, 6.07) is 19.9. The van der Waals surface area contributed by atoms with Crippen LogP contribution in [0.25, 0.3) is 10.9 Å². The minimum Gasteiger partial charge on any atom is -0.497 e. The first-order valence-electron chi connectivity index (χ1n) is 14.1. The summed E-state index contributed by atoms with van der Waals surface area (Å²) >= 11 is 0. The van der Waals surface area contributed by atoms with E-state index < -0.39 is 0 Å². The van der Waals surface area contributed by atoms with Crippen molar-refractivity contribution >= 4 is 10.9 Å². The van der Waals surface area contributed by atoms with Crippen LogP contribution in [0, 0.1) is 0 Å². The van der Waals surface area contributed by atoms with Crippen LogP contribution in [0.3, 0.4) is 0 Å². The number of likely N-dealkylation sites (tertiary alicyclic amines) is 1. The minimum atomic E-state index is 0.0785. The first-order chi connectivity index (χ1) is 19.6. The van der Waals surface area contributed by atoms with Crippen molar-refractivity contribution in [3.8, 4) is 23.0 Å². The van der Waals surface area contributed by atoms with Crippen LogP contribution in [0.1, 0.15) is 48.4 Å². The van der Waals surface area contributed by atoms with E-state index >= 15 is 0 Å². The van der Waals surface area contributed by atoms with Crippen molar-refractivity contribution in [1.29, 1.82) is 0 Å². The van der Waals surface area contributed by atoms with Gasteiger partial charge in [-0.3, -0.25) is 9.69 Å². The maximum absolute atomic E-state index is 13.8. The number of nitrogens with zero attached hydrogens (tertiary/aromatic N) is 2. The fraction of sp³-hybridized carbons (Fsp3) is 0.364. The van der Waals surface area contributed by atoms with Crippen LogP contribution in [0.2, 0.25) is 0 Å². The second-order valence-corrected chi connectivity index (χ2v) is 10.7. The Morgan fingerprint density at radius 1 is 0.775 bits per heavy atom. The predicted molar refractivity (Wildman–Crippen MR) is 156 cm³/mol. The molecule has 0 radical (unpaired) electrons. The van der Waals surface area contributed by atoms with Crippen molar-refractivity contribution in [2.24, 2.45) is 0 Å². The molecule has 0 unspecified atom stereocenters. The van der Waals surface area contributed by atoms with Crippen molar-refractivity contribution in [1.82, 2.24) is 9.47 Å². The molecule has 7 heteroatoms. The highest BCUT2D eigenvalue weighted by Crippen LogP contribution is 2.40. The minimum absolute atomic E-state index is 0.0785. The predicted octanol–water partition coefficient (Wildman–Crippen LogP) is 6.11. The van der Waals surface area contributed by atoms with E-state index in [4.69, 9.17) is 18.9 Å². The highest BCUT2D eigenvalue weighted by atomic mass is 16.5. The second kappa shape index (κ2) is 11.6. The lowest BCUT2D eigenvalue weighted by Gasteiger charge is -2.20. The molecule has 208 valence electrons. The molecule has 1 saturated carbocycles. The molecule has 2 fully saturated rings. The zero-order valence-corrected chi connectivity index (χ0v) is 23.2. The van der Waals surface area contributed by atoms with Gasteiger partial charge in [0.15, 0.2) is 16.9 Å². The number of hydrogen-bond acceptors (Lipinski definition) is 6. The molecule has 3 aromatic carbocycles. The Balaban J connectivity index is 1.36. The van der Waals surface area contributed by atoms with Gasteiger partial charge in [0.2, 0.25) is 0 Å². The Morgan fingerprint density at radius 3 is 1.85 bits per heavy atom. The largest absolute Gasteiger partial charge is 0.497 e. The summed E-state index contributed by atoms with van der Waals surface area (Å²) in [5.74, 6) is 2.79. The van der Waals surface area contributed by atoms with Gasteiger partial charge in [-0.05, 0) is 80.2 Å².